The summed E-state index contributed by atoms with van der Waals surface area (Å²) in [6, 6.07) is 0. The molecule has 0 saturated heterocycles. The summed E-state index contributed by atoms with van der Waals surface area (Å²) in [5.74, 6) is 1.80. The molecule has 2 rings (SSSR count). The minimum Gasteiger partial charge on any atom is -0.316 e. The van der Waals surface area contributed by atoms with Crippen LogP contribution in [0.5, 0.6) is 0 Å². The molecule has 1 N–H and O–H groups in total. The molecule has 0 heterocycles. The fourth-order valence-corrected chi connectivity index (χ4v) is 3.83. The summed E-state index contributed by atoms with van der Waals surface area (Å²) < 4.78 is 0. The van der Waals surface area contributed by atoms with Gasteiger partial charge in [0.2, 0.25) is 0 Å². The monoisotopic (exact) mass is 280 g/mol. The van der Waals surface area contributed by atoms with Gasteiger partial charge in [0.05, 0.1) is 0 Å². The van der Waals surface area contributed by atoms with E-state index in [1.807, 2.05) is 0 Å². The van der Waals surface area contributed by atoms with Crippen molar-refractivity contribution in [1.29, 1.82) is 0 Å². The van der Waals surface area contributed by atoms with Crippen LogP contribution in [0.3, 0.4) is 0 Å². The third-order valence-corrected chi connectivity index (χ3v) is 5.03. The molecular weight excluding hydrogens is 244 g/mol. The van der Waals surface area contributed by atoms with Gasteiger partial charge >= 0.3 is 0 Å². The summed E-state index contributed by atoms with van der Waals surface area (Å²) in [7, 11) is 0. The molecule has 2 fully saturated rings. The minimum absolute atomic E-state index is 0.582. The molecule has 2 nitrogen and oxygen atoms in total. The quantitative estimate of drug-likeness (QED) is 0.652. The maximum absolute atomic E-state index is 3.76. The molecule has 2 aliphatic carbocycles. The maximum atomic E-state index is 3.76. The van der Waals surface area contributed by atoms with Gasteiger partial charge in [-0.3, -0.25) is 0 Å². The van der Waals surface area contributed by atoms with E-state index in [2.05, 4.69) is 31.0 Å². The summed E-state index contributed by atoms with van der Waals surface area (Å²) >= 11 is 0. The van der Waals surface area contributed by atoms with Crippen molar-refractivity contribution < 1.29 is 0 Å². The third-order valence-electron chi connectivity index (χ3n) is 5.03. The average molecular weight is 280 g/mol. The van der Waals surface area contributed by atoms with E-state index in [9.17, 15) is 0 Å². The van der Waals surface area contributed by atoms with E-state index in [1.54, 1.807) is 0 Å². The van der Waals surface area contributed by atoms with Crippen molar-refractivity contribution in [2.24, 2.45) is 17.3 Å². The van der Waals surface area contributed by atoms with Crippen LogP contribution in [0.15, 0.2) is 0 Å². The molecule has 0 bridgehead atoms. The lowest BCUT2D eigenvalue weighted by molar-refractivity contribution is 0.143. The Balaban J connectivity index is 1.84. The first-order valence-electron chi connectivity index (χ1n) is 9.06. The summed E-state index contributed by atoms with van der Waals surface area (Å²) in [4.78, 5) is 2.79. The summed E-state index contributed by atoms with van der Waals surface area (Å²) in [6.45, 7) is 13.4. The Bertz CT molecular complexity index is 265. The van der Waals surface area contributed by atoms with Crippen LogP contribution in [0, 0.1) is 17.3 Å². The zero-order valence-corrected chi connectivity index (χ0v) is 14.1. The van der Waals surface area contributed by atoms with Gasteiger partial charge in [-0.2, -0.15) is 0 Å². The lowest BCUT2D eigenvalue weighted by Crippen LogP contribution is -2.44. The highest BCUT2D eigenvalue weighted by Crippen LogP contribution is 2.39. The molecule has 0 aromatic rings. The molecule has 0 unspecified atom stereocenters. The molecule has 0 radical (unpaired) electrons. The maximum Gasteiger partial charge on any atom is 0.00503 e. The predicted molar refractivity (Wildman–Crippen MR) is 88.1 cm³/mol. The van der Waals surface area contributed by atoms with E-state index >= 15 is 0 Å². The van der Waals surface area contributed by atoms with Gasteiger partial charge in [-0.05, 0) is 62.4 Å². The summed E-state index contributed by atoms with van der Waals surface area (Å²) in [5.41, 5.74) is 0.582. The van der Waals surface area contributed by atoms with Gasteiger partial charge in [0.1, 0.15) is 0 Å². The molecule has 2 saturated carbocycles. The van der Waals surface area contributed by atoms with Gasteiger partial charge in [0, 0.05) is 19.6 Å². The van der Waals surface area contributed by atoms with Gasteiger partial charge in [0.25, 0.3) is 0 Å². The van der Waals surface area contributed by atoms with Crippen LogP contribution >= 0.6 is 0 Å². The Morgan fingerprint density at radius 3 is 2.45 bits per heavy atom. The molecule has 2 heteroatoms. The van der Waals surface area contributed by atoms with Crippen LogP contribution < -0.4 is 5.32 Å². The smallest absolute Gasteiger partial charge is 0.00503 e. The summed E-state index contributed by atoms with van der Waals surface area (Å²) in [5, 5.41) is 3.76. The zero-order chi connectivity index (χ0) is 14.4. The first-order chi connectivity index (χ1) is 9.63. The number of hydrogen-bond acceptors (Lipinski definition) is 2. The van der Waals surface area contributed by atoms with E-state index in [-0.39, 0.29) is 0 Å². The molecule has 0 aromatic heterocycles. The van der Waals surface area contributed by atoms with Crippen molar-refractivity contribution >= 4 is 0 Å². The van der Waals surface area contributed by atoms with E-state index in [4.69, 9.17) is 0 Å². The third kappa shape index (κ3) is 5.37. The highest BCUT2D eigenvalue weighted by molar-refractivity contribution is 4.90. The van der Waals surface area contributed by atoms with Crippen LogP contribution in [0.4, 0.5) is 0 Å². The number of rotatable bonds is 10. The van der Waals surface area contributed by atoms with E-state index < -0.39 is 0 Å². The van der Waals surface area contributed by atoms with E-state index in [0.29, 0.717) is 5.41 Å². The van der Waals surface area contributed by atoms with Gasteiger partial charge < -0.3 is 10.2 Å². The highest BCUT2D eigenvalue weighted by Gasteiger charge is 2.36. The first-order valence-corrected chi connectivity index (χ1v) is 9.06. The Kier molecular flexibility index (Phi) is 6.35. The second-order valence-electron chi connectivity index (χ2n) is 7.91. The molecule has 2 aliphatic rings. The Labute approximate surface area is 126 Å². The SMILES string of the molecule is CCCN(CC1CC1)CC1(CNCC(C)C)CCCC1. The van der Waals surface area contributed by atoms with Crippen LogP contribution in [-0.4, -0.2) is 37.6 Å². The molecule has 20 heavy (non-hydrogen) atoms. The molecule has 0 aromatic carbocycles. The summed E-state index contributed by atoms with van der Waals surface area (Å²) in [6.07, 6.45) is 10.1. The Hall–Kier alpha value is -0.0800. The number of hydrogen-bond donors (Lipinski definition) is 1. The normalized spacial score (nSPS) is 22.1. The second-order valence-corrected chi connectivity index (χ2v) is 7.91. The lowest BCUT2D eigenvalue weighted by atomic mass is 9.85. The second kappa shape index (κ2) is 7.79. The zero-order valence-electron chi connectivity index (χ0n) is 14.1. The van der Waals surface area contributed by atoms with Gasteiger partial charge in [-0.15, -0.1) is 0 Å². The van der Waals surface area contributed by atoms with Gasteiger partial charge in [-0.25, -0.2) is 0 Å². The van der Waals surface area contributed by atoms with Gasteiger partial charge in [0.15, 0.2) is 0 Å². The van der Waals surface area contributed by atoms with Crippen molar-refractivity contribution in [3.63, 3.8) is 0 Å². The van der Waals surface area contributed by atoms with Crippen LogP contribution in [0.25, 0.3) is 0 Å². The molecule has 0 spiro atoms. The standard InChI is InChI=1S/C18H36N2/c1-4-11-20(13-17-7-8-17)15-18(9-5-6-10-18)14-19-12-16(2)3/h16-17,19H,4-15H2,1-3H3. The van der Waals surface area contributed by atoms with Crippen molar-refractivity contribution in [3.8, 4) is 0 Å². The minimum atomic E-state index is 0.582. The van der Waals surface area contributed by atoms with Gasteiger partial charge in [-0.1, -0.05) is 33.6 Å². The topological polar surface area (TPSA) is 15.3 Å². The number of nitrogens with one attached hydrogen (secondary N) is 1. The van der Waals surface area contributed by atoms with E-state index in [1.165, 1.54) is 77.7 Å². The lowest BCUT2D eigenvalue weighted by Gasteiger charge is -2.36. The molecular formula is C18H36N2. The first kappa shape index (κ1) is 16.3. The molecule has 0 aliphatic heterocycles. The fourth-order valence-electron chi connectivity index (χ4n) is 3.83. The Morgan fingerprint density at radius 1 is 1.20 bits per heavy atom. The molecule has 0 amide bonds. The highest BCUT2D eigenvalue weighted by atomic mass is 15.1. The van der Waals surface area contributed by atoms with E-state index in [0.717, 1.165) is 11.8 Å². The average Bonchev–Trinajstić information content (AvgIpc) is 3.08. The van der Waals surface area contributed by atoms with Crippen molar-refractivity contribution in [2.75, 3.05) is 32.7 Å². The molecule has 0 atom stereocenters. The predicted octanol–water partition coefficient (Wildman–Crippen LogP) is 3.91. The Morgan fingerprint density at radius 2 is 1.90 bits per heavy atom. The van der Waals surface area contributed by atoms with Crippen molar-refractivity contribution in [2.45, 2.75) is 65.7 Å². The molecule has 118 valence electrons. The number of nitrogens with zero attached hydrogens (tertiary/aromatic N) is 1. The van der Waals surface area contributed by atoms with Crippen molar-refractivity contribution in [3.05, 3.63) is 0 Å². The largest absolute Gasteiger partial charge is 0.316 e. The van der Waals surface area contributed by atoms with Crippen LogP contribution in [0.1, 0.15) is 65.7 Å². The van der Waals surface area contributed by atoms with Crippen LogP contribution in [0.2, 0.25) is 0 Å². The van der Waals surface area contributed by atoms with Crippen LogP contribution in [-0.2, 0) is 0 Å². The fraction of sp³-hybridized carbons (Fsp3) is 1.00. The van der Waals surface area contributed by atoms with Crippen molar-refractivity contribution in [1.82, 2.24) is 10.2 Å².